The Bertz CT molecular complexity index is 1160. The highest BCUT2D eigenvalue weighted by atomic mass is 16.5. The summed E-state index contributed by atoms with van der Waals surface area (Å²) >= 11 is 0. The van der Waals surface area contributed by atoms with Crippen LogP contribution in [0.2, 0.25) is 0 Å². The summed E-state index contributed by atoms with van der Waals surface area (Å²) < 4.78 is 10.8. The molecule has 0 bridgehead atoms. The normalized spacial score (nSPS) is 11.4. The molecule has 1 amide bonds. The van der Waals surface area contributed by atoms with Gasteiger partial charge in [0.05, 0.1) is 6.61 Å². The zero-order valence-electron chi connectivity index (χ0n) is 22.7. The fourth-order valence-electron chi connectivity index (χ4n) is 3.48. The lowest BCUT2D eigenvalue weighted by atomic mass is 9.98. The van der Waals surface area contributed by atoms with E-state index in [1.807, 2.05) is 82.3 Å². The van der Waals surface area contributed by atoms with E-state index in [9.17, 15) is 19.5 Å². The first-order chi connectivity index (χ1) is 18.1. The minimum atomic E-state index is -1.19. The van der Waals surface area contributed by atoms with Crippen molar-refractivity contribution >= 4 is 23.9 Å². The van der Waals surface area contributed by atoms with Crippen LogP contribution in [0.1, 0.15) is 56.9 Å². The number of esters is 2. The Morgan fingerprint density at radius 2 is 1.50 bits per heavy atom. The minimum absolute atomic E-state index is 0.0412. The zero-order chi connectivity index (χ0) is 28.1. The molecule has 0 aromatic heterocycles. The van der Waals surface area contributed by atoms with E-state index in [0.29, 0.717) is 18.6 Å². The van der Waals surface area contributed by atoms with Crippen LogP contribution in [-0.4, -0.2) is 35.6 Å². The van der Waals surface area contributed by atoms with Crippen LogP contribution in [0.4, 0.5) is 0 Å². The molecular weight excluding hydrogens is 482 g/mol. The largest absolute Gasteiger partial charge is 0.459 e. The van der Waals surface area contributed by atoms with Gasteiger partial charge in [0.2, 0.25) is 5.91 Å². The fourth-order valence-corrected chi connectivity index (χ4v) is 3.48. The van der Waals surface area contributed by atoms with Gasteiger partial charge < -0.3 is 19.9 Å². The molecule has 0 aliphatic heterocycles. The maximum absolute atomic E-state index is 12.6. The molecule has 0 saturated heterocycles. The number of ether oxygens (including phenoxy) is 2. The number of amides is 1. The number of carbonyl (C=O) groups is 3. The van der Waals surface area contributed by atoms with E-state index in [0.717, 1.165) is 33.4 Å². The molecular formula is C31H37NO6. The number of hydrogen-bond donors (Lipinski definition) is 2. The molecule has 1 atom stereocenters. The summed E-state index contributed by atoms with van der Waals surface area (Å²) in [5.41, 5.74) is 5.42. The summed E-state index contributed by atoms with van der Waals surface area (Å²) in [5.74, 6) is -1.16. The molecule has 2 aromatic carbocycles. The van der Waals surface area contributed by atoms with Crippen molar-refractivity contribution in [2.24, 2.45) is 0 Å². The number of nitrogens with one attached hydrogen (secondary N) is 1. The van der Waals surface area contributed by atoms with Gasteiger partial charge in [0, 0.05) is 13.0 Å². The first kappa shape index (κ1) is 30.3. The molecule has 0 radical (unpaired) electrons. The monoisotopic (exact) mass is 519 g/mol. The number of hydrogen-bond acceptors (Lipinski definition) is 6. The maximum atomic E-state index is 12.6. The smallest absolute Gasteiger partial charge is 0.331 e. The van der Waals surface area contributed by atoms with Crippen LogP contribution in [-0.2, 0) is 38.6 Å². The number of allylic oxidation sites excluding steroid dienone is 4. The molecule has 0 fully saturated rings. The van der Waals surface area contributed by atoms with Gasteiger partial charge in [-0.25, -0.2) is 4.79 Å². The molecule has 0 spiro atoms. The Hall–Kier alpha value is -3.97. The van der Waals surface area contributed by atoms with Crippen LogP contribution in [0.5, 0.6) is 5.75 Å². The van der Waals surface area contributed by atoms with Crippen molar-refractivity contribution < 1.29 is 29.0 Å². The van der Waals surface area contributed by atoms with E-state index in [1.54, 1.807) is 6.08 Å². The lowest BCUT2D eigenvalue weighted by Gasteiger charge is -2.15. The van der Waals surface area contributed by atoms with Gasteiger partial charge in [-0.2, -0.15) is 0 Å². The lowest BCUT2D eigenvalue weighted by molar-refractivity contribution is -0.149. The number of rotatable bonds is 12. The summed E-state index contributed by atoms with van der Waals surface area (Å²) in [6, 6.07) is 11.7. The second kappa shape index (κ2) is 15.3. The van der Waals surface area contributed by atoms with Crippen LogP contribution in [0.25, 0.3) is 6.08 Å². The van der Waals surface area contributed by atoms with E-state index in [1.165, 1.54) is 13.0 Å². The Morgan fingerprint density at radius 1 is 0.921 bits per heavy atom. The molecule has 0 heterocycles. The number of aliphatic hydroxyl groups is 1. The van der Waals surface area contributed by atoms with Crippen molar-refractivity contribution in [3.8, 4) is 5.75 Å². The molecule has 38 heavy (non-hydrogen) atoms. The lowest BCUT2D eigenvalue weighted by Crippen LogP contribution is -2.43. The van der Waals surface area contributed by atoms with Crippen molar-refractivity contribution in [3.05, 3.63) is 94.1 Å². The predicted octanol–water partition coefficient (Wildman–Crippen LogP) is 4.86. The summed E-state index contributed by atoms with van der Waals surface area (Å²) in [7, 11) is 0. The van der Waals surface area contributed by atoms with Gasteiger partial charge in [0.15, 0.2) is 6.04 Å². The van der Waals surface area contributed by atoms with Gasteiger partial charge in [-0.15, -0.1) is 0 Å². The minimum Gasteiger partial charge on any atom is -0.459 e. The van der Waals surface area contributed by atoms with E-state index < -0.39 is 30.5 Å². The molecule has 0 aliphatic rings. The summed E-state index contributed by atoms with van der Waals surface area (Å²) in [4.78, 5) is 36.8. The third-order valence-electron chi connectivity index (χ3n) is 5.41. The second-order valence-electron chi connectivity index (χ2n) is 9.40. The van der Waals surface area contributed by atoms with Gasteiger partial charge in [0.1, 0.15) is 12.4 Å². The molecule has 2 N–H and O–H groups in total. The van der Waals surface area contributed by atoms with Crippen molar-refractivity contribution in [2.75, 3.05) is 6.61 Å². The number of benzene rings is 2. The van der Waals surface area contributed by atoms with Crippen LogP contribution in [0.3, 0.4) is 0 Å². The quantitative estimate of drug-likeness (QED) is 0.180. The van der Waals surface area contributed by atoms with Gasteiger partial charge in [-0.3, -0.25) is 9.59 Å². The van der Waals surface area contributed by atoms with Gasteiger partial charge in [-0.1, -0.05) is 53.6 Å². The molecule has 2 rings (SSSR count). The molecule has 7 heteroatoms. The highest BCUT2D eigenvalue weighted by Crippen LogP contribution is 2.29. The van der Waals surface area contributed by atoms with E-state index >= 15 is 0 Å². The molecule has 202 valence electrons. The van der Waals surface area contributed by atoms with Gasteiger partial charge >= 0.3 is 11.9 Å². The number of aliphatic hydroxyl groups excluding tert-OH is 1. The molecule has 0 unspecified atom stereocenters. The Labute approximate surface area is 224 Å². The van der Waals surface area contributed by atoms with Crippen LogP contribution in [0, 0.1) is 0 Å². The van der Waals surface area contributed by atoms with Crippen LogP contribution < -0.4 is 10.1 Å². The standard InChI is InChI=1S/C31H37NO6/c1-21(2)11-14-26-17-25(18-27(15-12-22(3)4)30(26)38-23(5)34)13-16-29(35)32-28(19-33)31(36)37-20-24-9-7-6-8-10-24/h6-13,16-18,28,33H,14-15,19-20H2,1-5H3,(H,32,35)/b16-13+/t28-/m0/s1. The third-order valence-corrected chi connectivity index (χ3v) is 5.41. The highest BCUT2D eigenvalue weighted by molar-refractivity contribution is 5.94. The zero-order valence-corrected chi connectivity index (χ0v) is 22.7. The first-order valence-electron chi connectivity index (χ1n) is 12.5. The second-order valence-corrected chi connectivity index (χ2v) is 9.40. The van der Waals surface area contributed by atoms with Crippen molar-refractivity contribution in [3.63, 3.8) is 0 Å². The average Bonchev–Trinajstić information content (AvgIpc) is 2.88. The van der Waals surface area contributed by atoms with Gasteiger partial charge in [0.25, 0.3) is 0 Å². The summed E-state index contributed by atoms with van der Waals surface area (Å²) in [6.45, 7) is 8.79. The maximum Gasteiger partial charge on any atom is 0.331 e. The van der Waals surface area contributed by atoms with E-state index in [-0.39, 0.29) is 6.61 Å². The third kappa shape index (κ3) is 10.6. The Kier molecular flexibility index (Phi) is 12.2. The van der Waals surface area contributed by atoms with Gasteiger partial charge in [-0.05, 0) is 81.0 Å². The van der Waals surface area contributed by atoms with Crippen molar-refractivity contribution in [2.45, 2.75) is 60.1 Å². The number of carbonyl (C=O) groups excluding carboxylic acids is 3. The average molecular weight is 520 g/mol. The first-order valence-corrected chi connectivity index (χ1v) is 12.5. The molecule has 2 aromatic rings. The predicted molar refractivity (Wildman–Crippen MR) is 148 cm³/mol. The molecule has 7 nitrogen and oxygen atoms in total. The fraction of sp³-hybridized carbons (Fsp3) is 0.323. The van der Waals surface area contributed by atoms with Crippen LogP contribution in [0.15, 0.2) is 71.8 Å². The van der Waals surface area contributed by atoms with Crippen molar-refractivity contribution in [1.29, 1.82) is 0 Å². The van der Waals surface area contributed by atoms with Crippen LogP contribution >= 0.6 is 0 Å². The van der Waals surface area contributed by atoms with Crippen molar-refractivity contribution in [1.82, 2.24) is 5.32 Å². The molecule has 0 saturated carbocycles. The highest BCUT2D eigenvalue weighted by Gasteiger charge is 2.21. The Balaban J connectivity index is 2.23. The summed E-state index contributed by atoms with van der Waals surface area (Å²) in [5, 5.41) is 12.1. The SMILES string of the molecule is CC(=O)Oc1c(CC=C(C)C)cc(/C=C/C(=O)N[C@@H](CO)C(=O)OCc2ccccc2)cc1CC=C(C)C. The molecule has 0 aliphatic carbocycles. The van der Waals surface area contributed by atoms with E-state index in [2.05, 4.69) is 5.32 Å². The topological polar surface area (TPSA) is 102 Å². The summed E-state index contributed by atoms with van der Waals surface area (Å²) in [6.07, 6.45) is 8.11. The Morgan fingerprint density at radius 3 is 2.00 bits per heavy atom. The van der Waals surface area contributed by atoms with E-state index in [4.69, 9.17) is 9.47 Å².